The number of rotatable bonds is 3. The second-order valence-electron chi connectivity index (χ2n) is 5.78. The molecule has 1 aromatic carbocycles. The lowest BCUT2D eigenvalue weighted by molar-refractivity contribution is 0.0694. The molecule has 1 aliphatic rings. The summed E-state index contributed by atoms with van der Waals surface area (Å²) in [6.45, 7) is 3.29. The van der Waals surface area contributed by atoms with Gasteiger partial charge < -0.3 is 10.0 Å². The molecule has 1 N–H and O–H groups in total. The van der Waals surface area contributed by atoms with Gasteiger partial charge in [0.25, 0.3) is 5.91 Å². The standard InChI is InChI=1S/C17H18N2O3S/c1-11-15(23-10-18-11)16(20)19-8-2-3-14(9-19)12-4-6-13(7-5-12)17(21)22/h4-7,10,14H,2-3,8-9H2,1H3,(H,21,22). The second-order valence-corrected chi connectivity index (χ2v) is 6.64. The summed E-state index contributed by atoms with van der Waals surface area (Å²) >= 11 is 1.39. The van der Waals surface area contributed by atoms with Crippen molar-refractivity contribution in [3.63, 3.8) is 0 Å². The van der Waals surface area contributed by atoms with Crippen LogP contribution >= 0.6 is 11.3 Å². The predicted molar refractivity (Wildman–Crippen MR) is 88.1 cm³/mol. The number of carboxylic acid groups (broad SMARTS) is 1. The van der Waals surface area contributed by atoms with Gasteiger partial charge in [0.1, 0.15) is 4.88 Å². The van der Waals surface area contributed by atoms with Crippen LogP contribution in [0.3, 0.4) is 0 Å². The SMILES string of the molecule is Cc1ncsc1C(=O)N1CCCC(c2ccc(C(=O)O)cc2)C1. The molecule has 0 saturated carbocycles. The summed E-state index contributed by atoms with van der Waals surface area (Å²) in [6, 6.07) is 6.98. The van der Waals surface area contributed by atoms with Crippen molar-refractivity contribution in [2.24, 2.45) is 0 Å². The minimum atomic E-state index is -0.919. The van der Waals surface area contributed by atoms with Crippen molar-refractivity contribution in [3.8, 4) is 0 Å². The first-order valence-electron chi connectivity index (χ1n) is 7.59. The summed E-state index contributed by atoms with van der Waals surface area (Å²) in [5.41, 5.74) is 3.87. The molecule has 2 heterocycles. The van der Waals surface area contributed by atoms with E-state index in [-0.39, 0.29) is 17.4 Å². The summed E-state index contributed by atoms with van der Waals surface area (Å²) in [6.07, 6.45) is 1.97. The Kier molecular flexibility index (Phi) is 4.43. The summed E-state index contributed by atoms with van der Waals surface area (Å²) < 4.78 is 0. The monoisotopic (exact) mass is 330 g/mol. The Hall–Kier alpha value is -2.21. The van der Waals surface area contributed by atoms with Gasteiger partial charge in [0, 0.05) is 19.0 Å². The molecule has 23 heavy (non-hydrogen) atoms. The van der Waals surface area contributed by atoms with Crippen LogP contribution in [0.2, 0.25) is 0 Å². The van der Waals surface area contributed by atoms with E-state index in [9.17, 15) is 9.59 Å². The van der Waals surface area contributed by atoms with Crippen molar-refractivity contribution in [1.29, 1.82) is 0 Å². The van der Waals surface area contributed by atoms with Crippen LogP contribution in [0.25, 0.3) is 0 Å². The fourth-order valence-corrected chi connectivity index (χ4v) is 3.75. The summed E-state index contributed by atoms with van der Waals surface area (Å²) in [7, 11) is 0. The maximum atomic E-state index is 12.6. The molecule has 120 valence electrons. The van der Waals surface area contributed by atoms with E-state index < -0.39 is 5.97 Å². The first kappa shape index (κ1) is 15.7. The quantitative estimate of drug-likeness (QED) is 0.938. The van der Waals surface area contributed by atoms with Crippen LogP contribution in [0.4, 0.5) is 0 Å². The number of hydrogen-bond acceptors (Lipinski definition) is 4. The number of benzene rings is 1. The number of piperidine rings is 1. The molecule has 1 aromatic heterocycles. The van der Waals surface area contributed by atoms with Gasteiger partial charge in [0.15, 0.2) is 0 Å². The minimum Gasteiger partial charge on any atom is -0.478 e. The number of likely N-dealkylation sites (tertiary alicyclic amines) is 1. The Balaban J connectivity index is 1.74. The van der Waals surface area contributed by atoms with Crippen molar-refractivity contribution in [1.82, 2.24) is 9.88 Å². The normalized spacial score (nSPS) is 18.0. The Morgan fingerprint density at radius 2 is 2.04 bits per heavy atom. The highest BCUT2D eigenvalue weighted by Crippen LogP contribution is 2.29. The lowest BCUT2D eigenvalue weighted by atomic mass is 9.90. The minimum absolute atomic E-state index is 0.0526. The first-order chi connectivity index (χ1) is 11.1. The van der Waals surface area contributed by atoms with Crippen LogP contribution in [-0.4, -0.2) is 40.0 Å². The van der Waals surface area contributed by atoms with Crippen LogP contribution in [0.15, 0.2) is 29.8 Å². The summed E-state index contributed by atoms with van der Waals surface area (Å²) in [5, 5.41) is 8.97. The van der Waals surface area contributed by atoms with E-state index in [0.717, 1.165) is 30.6 Å². The van der Waals surface area contributed by atoms with Gasteiger partial charge in [-0.2, -0.15) is 0 Å². The highest BCUT2D eigenvalue weighted by atomic mass is 32.1. The van der Waals surface area contributed by atoms with Crippen LogP contribution < -0.4 is 0 Å². The molecule has 1 fully saturated rings. The van der Waals surface area contributed by atoms with Crippen LogP contribution in [0, 0.1) is 6.92 Å². The average molecular weight is 330 g/mol. The van der Waals surface area contributed by atoms with Crippen molar-refractivity contribution >= 4 is 23.2 Å². The molecule has 1 amide bonds. The lowest BCUT2D eigenvalue weighted by Crippen LogP contribution is -2.39. The molecule has 2 aromatic rings. The number of hydrogen-bond donors (Lipinski definition) is 1. The number of amides is 1. The van der Waals surface area contributed by atoms with Gasteiger partial charge in [-0.25, -0.2) is 9.78 Å². The van der Waals surface area contributed by atoms with Crippen LogP contribution in [-0.2, 0) is 0 Å². The van der Waals surface area contributed by atoms with E-state index in [4.69, 9.17) is 5.11 Å². The van der Waals surface area contributed by atoms with Gasteiger partial charge in [-0.15, -0.1) is 11.3 Å². The van der Waals surface area contributed by atoms with Gasteiger partial charge in [-0.05, 0) is 37.5 Å². The maximum absolute atomic E-state index is 12.6. The molecule has 3 rings (SSSR count). The number of thiazole rings is 1. The molecule has 0 radical (unpaired) electrons. The van der Waals surface area contributed by atoms with E-state index >= 15 is 0 Å². The number of carboxylic acids is 1. The molecule has 1 saturated heterocycles. The van der Waals surface area contributed by atoms with E-state index in [1.807, 2.05) is 24.0 Å². The Morgan fingerprint density at radius 3 is 2.65 bits per heavy atom. The molecule has 0 bridgehead atoms. The van der Waals surface area contributed by atoms with E-state index in [2.05, 4.69) is 4.98 Å². The smallest absolute Gasteiger partial charge is 0.335 e. The molecular formula is C17H18N2O3S. The van der Waals surface area contributed by atoms with Gasteiger partial charge in [-0.3, -0.25) is 4.79 Å². The van der Waals surface area contributed by atoms with Crippen molar-refractivity contribution in [2.75, 3.05) is 13.1 Å². The molecule has 1 atom stereocenters. The van der Waals surface area contributed by atoms with Gasteiger partial charge >= 0.3 is 5.97 Å². The van der Waals surface area contributed by atoms with Gasteiger partial charge in [-0.1, -0.05) is 12.1 Å². The predicted octanol–water partition coefficient (Wildman–Crippen LogP) is 3.17. The molecular weight excluding hydrogens is 312 g/mol. The Bertz CT molecular complexity index is 724. The Labute approximate surface area is 138 Å². The fraction of sp³-hybridized carbons (Fsp3) is 0.353. The molecule has 5 nitrogen and oxygen atoms in total. The number of aromatic carboxylic acids is 1. The van der Waals surface area contributed by atoms with Crippen LogP contribution in [0.1, 0.15) is 50.0 Å². The molecule has 0 spiro atoms. The third kappa shape index (κ3) is 3.27. The van der Waals surface area contributed by atoms with Crippen molar-refractivity contribution in [3.05, 3.63) is 51.5 Å². The van der Waals surface area contributed by atoms with E-state index in [0.29, 0.717) is 11.4 Å². The van der Waals surface area contributed by atoms with Crippen molar-refractivity contribution < 1.29 is 14.7 Å². The van der Waals surface area contributed by atoms with E-state index in [1.165, 1.54) is 11.3 Å². The molecule has 1 unspecified atom stereocenters. The third-order valence-electron chi connectivity index (χ3n) is 4.28. The fourth-order valence-electron chi connectivity index (χ4n) is 2.98. The van der Waals surface area contributed by atoms with E-state index in [1.54, 1.807) is 17.6 Å². The number of aromatic nitrogens is 1. The van der Waals surface area contributed by atoms with Crippen molar-refractivity contribution in [2.45, 2.75) is 25.7 Å². The molecule has 6 heteroatoms. The van der Waals surface area contributed by atoms with Gasteiger partial charge in [0.2, 0.25) is 0 Å². The largest absolute Gasteiger partial charge is 0.478 e. The number of aryl methyl sites for hydroxylation is 1. The van der Waals surface area contributed by atoms with Gasteiger partial charge in [0.05, 0.1) is 16.8 Å². The number of carbonyl (C=O) groups is 2. The zero-order chi connectivity index (χ0) is 16.4. The highest BCUT2D eigenvalue weighted by molar-refractivity contribution is 7.11. The third-order valence-corrected chi connectivity index (χ3v) is 5.19. The number of nitrogens with zero attached hydrogens (tertiary/aromatic N) is 2. The zero-order valence-corrected chi connectivity index (χ0v) is 13.7. The maximum Gasteiger partial charge on any atom is 0.335 e. The highest BCUT2D eigenvalue weighted by Gasteiger charge is 2.27. The second kappa shape index (κ2) is 6.50. The first-order valence-corrected chi connectivity index (χ1v) is 8.47. The zero-order valence-electron chi connectivity index (χ0n) is 12.9. The van der Waals surface area contributed by atoms with Crippen LogP contribution in [0.5, 0.6) is 0 Å². The lowest BCUT2D eigenvalue weighted by Gasteiger charge is -2.33. The summed E-state index contributed by atoms with van der Waals surface area (Å²) in [5.74, 6) is -0.613. The Morgan fingerprint density at radius 1 is 1.30 bits per heavy atom. The molecule has 1 aliphatic heterocycles. The summed E-state index contributed by atoms with van der Waals surface area (Å²) in [4.78, 5) is 30.3. The average Bonchev–Trinajstić information content (AvgIpc) is 3.00. The molecule has 0 aliphatic carbocycles. The topological polar surface area (TPSA) is 70.5 Å². The number of carbonyl (C=O) groups excluding carboxylic acids is 1.